The predicted molar refractivity (Wildman–Crippen MR) is 69.0 cm³/mol. The van der Waals surface area contributed by atoms with Crippen LogP contribution in [0.15, 0.2) is 30.3 Å². The summed E-state index contributed by atoms with van der Waals surface area (Å²) in [7, 11) is 0. The average molecular weight is 321 g/mol. The predicted octanol–water partition coefficient (Wildman–Crippen LogP) is 1.33. The van der Waals surface area contributed by atoms with Crippen molar-refractivity contribution in [2.24, 2.45) is 5.73 Å². The van der Waals surface area contributed by atoms with Crippen LogP contribution in [0.5, 0.6) is 0 Å². The minimum atomic E-state index is -0.485. The molecule has 0 bridgehead atoms. The van der Waals surface area contributed by atoms with Gasteiger partial charge in [0.05, 0.1) is 25.4 Å². The van der Waals surface area contributed by atoms with Gasteiger partial charge < -0.3 is 15.6 Å². The smallest absolute Gasteiger partial charge is 0.0802 e. The van der Waals surface area contributed by atoms with Gasteiger partial charge in [-0.25, -0.2) is 0 Å². The van der Waals surface area contributed by atoms with Crippen LogP contribution >= 0.6 is 22.6 Å². The highest BCUT2D eigenvalue weighted by Gasteiger charge is 2.12. The van der Waals surface area contributed by atoms with E-state index in [1.165, 1.54) is 0 Å². The van der Waals surface area contributed by atoms with Gasteiger partial charge in [0.15, 0.2) is 0 Å². The number of benzene rings is 1. The molecular weight excluding hydrogens is 305 g/mol. The molecule has 0 aliphatic carbocycles. The van der Waals surface area contributed by atoms with E-state index < -0.39 is 6.10 Å². The van der Waals surface area contributed by atoms with Crippen LogP contribution in [-0.4, -0.2) is 28.3 Å². The van der Waals surface area contributed by atoms with E-state index in [0.29, 0.717) is 17.6 Å². The summed E-state index contributed by atoms with van der Waals surface area (Å²) in [6, 6.07) is 9.61. The summed E-state index contributed by atoms with van der Waals surface area (Å²) < 4.78 is 6.05. The van der Waals surface area contributed by atoms with E-state index >= 15 is 0 Å². The molecule has 0 unspecified atom stereocenters. The molecule has 0 radical (unpaired) electrons. The molecule has 84 valence electrons. The molecule has 0 heterocycles. The van der Waals surface area contributed by atoms with Crippen molar-refractivity contribution >= 4 is 22.6 Å². The lowest BCUT2D eigenvalue weighted by Gasteiger charge is -2.16. The molecule has 0 amide bonds. The Hall–Kier alpha value is -0.170. The Kier molecular flexibility index (Phi) is 6.16. The fourth-order valence-corrected chi connectivity index (χ4v) is 1.77. The van der Waals surface area contributed by atoms with Gasteiger partial charge in [-0.15, -0.1) is 0 Å². The summed E-state index contributed by atoms with van der Waals surface area (Å²) in [6.07, 6.45) is -0.485. The molecule has 0 aliphatic heterocycles. The molecule has 1 aromatic rings. The van der Waals surface area contributed by atoms with Gasteiger partial charge in [0.25, 0.3) is 0 Å². The molecule has 4 heteroatoms. The third-order valence-electron chi connectivity index (χ3n) is 2.07. The molecule has 0 saturated carbocycles. The van der Waals surface area contributed by atoms with E-state index in [9.17, 15) is 5.11 Å². The van der Waals surface area contributed by atoms with Gasteiger partial charge in [0.2, 0.25) is 0 Å². The van der Waals surface area contributed by atoms with Crippen molar-refractivity contribution in [3.05, 3.63) is 35.9 Å². The second-order valence-electron chi connectivity index (χ2n) is 3.39. The maximum Gasteiger partial charge on any atom is 0.0802 e. The minimum absolute atomic E-state index is 0.300. The van der Waals surface area contributed by atoms with E-state index in [1.807, 2.05) is 30.3 Å². The third-order valence-corrected chi connectivity index (χ3v) is 2.98. The Bertz CT molecular complexity index is 269. The summed E-state index contributed by atoms with van der Waals surface area (Å²) >= 11 is 2.11. The van der Waals surface area contributed by atoms with Crippen LogP contribution in [0.1, 0.15) is 5.56 Å². The van der Waals surface area contributed by atoms with Crippen LogP contribution < -0.4 is 5.73 Å². The summed E-state index contributed by atoms with van der Waals surface area (Å²) in [4.78, 5) is 0. The van der Waals surface area contributed by atoms with Crippen molar-refractivity contribution < 1.29 is 9.84 Å². The number of rotatable bonds is 6. The van der Waals surface area contributed by atoms with Gasteiger partial charge in [0, 0.05) is 4.43 Å². The van der Waals surface area contributed by atoms with Gasteiger partial charge in [-0.05, 0) is 5.56 Å². The van der Waals surface area contributed by atoms with Crippen LogP contribution in [0.25, 0.3) is 0 Å². The molecular formula is C11H16INO2. The first kappa shape index (κ1) is 12.9. The number of halogens is 1. The van der Waals surface area contributed by atoms with Crippen molar-refractivity contribution in [2.45, 2.75) is 18.8 Å². The molecule has 1 aromatic carbocycles. The van der Waals surface area contributed by atoms with Crippen molar-refractivity contribution in [3.8, 4) is 0 Å². The van der Waals surface area contributed by atoms with Gasteiger partial charge >= 0.3 is 0 Å². The number of aliphatic hydroxyl groups is 1. The number of nitrogens with two attached hydrogens (primary N) is 1. The van der Waals surface area contributed by atoms with Crippen LogP contribution in [0.3, 0.4) is 0 Å². The minimum Gasteiger partial charge on any atom is -0.391 e. The monoisotopic (exact) mass is 321 g/mol. The van der Waals surface area contributed by atoms with Gasteiger partial charge in [-0.1, -0.05) is 52.9 Å². The van der Waals surface area contributed by atoms with E-state index in [0.717, 1.165) is 5.56 Å². The largest absolute Gasteiger partial charge is 0.391 e. The summed E-state index contributed by atoms with van der Waals surface area (Å²) in [5.74, 6) is 0. The van der Waals surface area contributed by atoms with Crippen molar-refractivity contribution in [1.29, 1.82) is 0 Å². The van der Waals surface area contributed by atoms with E-state index in [4.69, 9.17) is 10.5 Å². The van der Waals surface area contributed by atoms with Crippen molar-refractivity contribution in [2.75, 3.05) is 11.0 Å². The molecule has 3 nitrogen and oxygen atoms in total. The van der Waals surface area contributed by atoms with Crippen LogP contribution in [0.4, 0.5) is 0 Å². The highest BCUT2D eigenvalue weighted by molar-refractivity contribution is 14.1. The molecule has 0 saturated heterocycles. The second kappa shape index (κ2) is 7.16. The molecule has 1 rings (SSSR count). The highest BCUT2D eigenvalue weighted by Crippen LogP contribution is 2.02. The van der Waals surface area contributed by atoms with Crippen molar-refractivity contribution in [3.63, 3.8) is 0 Å². The maximum atomic E-state index is 9.41. The molecule has 0 aromatic heterocycles. The number of hydrogen-bond acceptors (Lipinski definition) is 3. The number of alkyl halides is 1. The third kappa shape index (κ3) is 4.92. The van der Waals surface area contributed by atoms with Gasteiger partial charge in [-0.3, -0.25) is 0 Å². The van der Waals surface area contributed by atoms with Crippen LogP contribution in [0.2, 0.25) is 0 Å². The zero-order valence-corrected chi connectivity index (χ0v) is 10.6. The lowest BCUT2D eigenvalue weighted by molar-refractivity contribution is 0.0648. The SMILES string of the molecule is N[C@H](COCc1ccccc1)[C@H](O)CI. The normalized spacial score (nSPS) is 14.9. The van der Waals surface area contributed by atoms with Gasteiger partial charge in [0.1, 0.15) is 0 Å². The fraction of sp³-hybridized carbons (Fsp3) is 0.455. The van der Waals surface area contributed by atoms with E-state index in [1.54, 1.807) is 0 Å². The number of hydrogen-bond donors (Lipinski definition) is 2. The fourth-order valence-electron chi connectivity index (χ4n) is 1.11. The Labute approximate surface area is 104 Å². The average Bonchev–Trinajstić information content (AvgIpc) is 2.29. The zero-order valence-electron chi connectivity index (χ0n) is 8.47. The van der Waals surface area contributed by atoms with Crippen molar-refractivity contribution in [1.82, 2.24) is 0 Å². The summed E-state index contributed by atoms with van der Waals surface area (Å²) in [6.45, 7) is 0.932. The first-order chi connectivity index (χ1) is 7.24. The molecule has 0 fully saturated rings. The summed E-state index contributed by atoms with van der Waals surface area (Å²) in [5, 5.41) is 9.41. The molecule has 0 aliphatic rings. The van der Waals surface area contributed by atoms with Crippen LogP contribution in [0, 0.1) is 0 Å². The quantitative estimate of drug-likeness (QED) is 0.614. The first-order valence-corrected chi connectivity index (χ1v) is 6.38. The zero-order chi connectivity index (χ0) is 11.1. The number of aliphatic hydroxyl groups excluding tert-OH is 1. The van der Waals surface area contributed by atoms with E-state index in [2.05, 4.69) is 22.6 Å². The lowest BCUT2D eigenvalue weighted by atomic mass is 10.2. The summed E-state index contributed by atoms with van der Waals surface area (Å²) in [5.41, 5.74) is 6.83. The molecule has 0 spiro atoms. The number of ether oxygens (including phenoxy) is 1. The maximum absolute atomic E-state index is 9.41. The topological polar surface area (TPSA) is 55.5 Å². The Morgan fingerprint density at radius 2 is 2.00 bits per heavy atom. The highest BCUT2D eigenvalue weighted by atomic mass is 127. The van der Waals surface area contributed by atoms with Gasteiger partial charge in [-0.2, -0.15) is 0 Å². The van der Waals surface area contributed by atoms with E-state index in [-0.39, 0.29) is 6.04 Å². The molecule has 2 atom stereocenters. The second-order valence-corrected chi connectivity index (χ2v) is 4.27. The Morgan fingerprint density at radius 1 is 1.33 bits per heavy atom. The Morgan fingerprint density at radius 3 is 2.60 bits per heavy atom. The lowest BCUT2D eigenvalue weighted by Crippen LogP contribution is -2.39. The Balaban J connectivity index is 2.22. The standard InChI is InChI=1S/C11H16INO2/c12-6-11(14)10(13)8-15-7-9-4-2-1-3-5-9/h1-5,10-11,14H,6-8,13H2/t10-,11-/m1/s1. The molecule has 15 heavy (non-hydrogen) atoms. The first-order valence-electron chi connectivity index (χ1n) is 4.85. The van der Waals surface area contributed by atoms with Crippen LogP contribution in [-0.2, 0) is 11.3 Å². The molecule has 3 N–H and O–H groups in total.